The fourth-order valence-corrected chi connectivity index (χ4v) is 5.62. The van der Waals surface area contributed by atoms with E-state index in [2.05, 4.69) is 9.80 Å². The van der Waals surface area contributed by atoms with Crippen LogP contribution in [0, 0.1) is 5.82 Å². The second kappa shape index (κ2) is 9.79. The molecule has 0 atom stereocenters. The van der Waals surface area contributed by atoms with Crippen molar-refractivity contribution in [2.75, 3.05) is 42.5 Å². The lowest BCUT2D eigenvalue weighted by atomic mass is 10.2. The van der Waals surface area contributed by atoms with Gasteiger partial charge < -0.3 is 9.80 Å². The first-order valence-corrected chi connectivity index (χ1v) is 12.7. The molecule has 180 valence electrons. The molecular weight excluding hydrogens is 485 g/mol. The van der Waals surface area contributed by atoms with Crippen LogP contribution in [0.2, 0.25) is 0 Å². The fraction of sp³-hybridized carbons (Fsp3) is 0.280. The van der Waals surface area contributed by atoms with E-state index in [0.29, 0.717) is 59.0 Å². The number of benzene rings is 1. The van der Waals surface area contributed by atoms with Crippen molar-refractivity contribution in [3.05, 3.63) is 75.3 Å². The van der Waals surface area contributed by atoms with Gasteiger partial charge in [0.15, 0.2) is 0 Å². The van der Waals surface area contributed by atoms with E-state index in [-0.39, 0.29) is 17.3 Å². The van der Waals surface area contributed by atoms with Crippen LogP contribution in [0.3, 0.4) is 0 Å². The van der Waals surface area contributed by atoms with Gasteiger partial charge in [0.1, 0.15) is 21.6 Å². The van der Waals surface area contributed by atoms with Crippen LogP contribution in [0.15, 0.2) is 58.4 Å². The molecule has 0 radical (unpaired) electrons. The number of nitrogens with zero attached hydrogens (tertiary/aromatic N) is 5. The van der Waals surface area contributed by atoms with E-state index in [4.69, 9.17) is 17.2 Å². The Labute approximate surface area is 211 Å². The number of piperazine rings is 1. The maximum atomic E-state index is 13.5. The number of hydrogen-bond acceptors (Lipinski definition) is 7. The highest BCUT2D eigenvalue weighted by atomic mass is 32.2. The number of anilines is 2. The highest BCUT2D eigenvalue weighted by Crippen LogP contribution is 2.33. The predicted molar refractivity (Wildman–Crippen MR) is 142 cm³/mol. The quantitative estimate of drug-likeness (QED) is 0.383. The summed E-state index contributed by atoms with van der Waals surface area (Å²) >= 11 is 6.62. The molecule has 0 N–H and O–H groups in total. The van der Waals surface area contributed by atoms with Crippen molar-refractivity contribution in [1.29, 1.82) is 0 Å². The number of carbonyl (C=O) groups excluding carboxylic acids is 1. The van der Waals surface area contributed by atoms with Crippen LogP contribution in [0.1, 0.15) is 18.9 Å². The van der Waals surface area contributed by atoms with Crippen molar-refractivity contribution in [1.82, 2.24) is 14.3 Å². The summed E-state index contributed by atoms with van der Waals surface area (Å²) in [5.41, 5.74) is 1.65. The van der Waals surface area contributed by atoms with Crippen LogP contribution in [-0.4, -0.2) is 57.2 Å². The van der Waals surface area contributed by atoms with Crippen molar-refractivity contribution in [3.63, 3.8) is 0 Å². The molecule has 2 aliphatic heterocycles. The summed E-state index contributed by atoms with van der Waals surface area (Å²) in [5.74, 6) is 0.120. The Morgan fingerprint density at radius 3 is 2.49 bits per heavy atom. The topological polar surface area (TPSA) is 61.2 Å². The summed E-state index contributed by atoms with van der Waals surface area (Å²) in [5, 5.41) is 0. The molecule has 2 aromatic heterocycles. The number of carbonyl (C=O) groups is 1. The lowest BCUT2D eigenvalue weighted by Crippen LogP contribution is -2.47. The summed E-state index contributed by atoms with van der Waals surface area (Å²) in [6.45, 7) is 5.19. The summed E-state index contributed by atoms with van der Waals surface area (Å²) < 4.78 is 15.3. The van der Waals surface area contributed by atoms with Gasteiger partial charge in [0.2, 0.25) is 0 Å². The lowest BCUT2D eigenvalue weighted by Gasteiger charge is -2.37. The van der Waals surface area contributed by atoms with E-state index in [0.717, 1.165) is 12.1 Å². The van der Waals surface area contributed by atoms with Gasteiger partial charge in [0.25, 0.3) is 11.5 Å². The first-order valence-electron chi connectivity index (χ1n) is 11.5. The second-order valence-electron chi connectivity index (χ2n) is 8.37. The number of pyridine rings is 1. The molecule has 0 unspecified atom stereocenters. The normalized spacial score (nSPS) is 17.8. The minimum atomic E-state index is -0.262. The molecule has 1 aromatic carbocycles. The van der Waals surface area contributed by atoms with Gasteiger partial charge in [0, 0.05) is 44.6 Å². The first kappa shape index (κ1) is 23.5. The van der Waals surface area contributed by atoms with Gasteiger partial charge in [-0.2, -0.15) is 0 Å². The summed E-state index contributed by atoms with van der Waals surface area (Å²) in [7, 11) is 0. The van der Waals surface area contributed by atoms with E-state index in [1.807, 2.05) is 13.0 Å². The Bertz CT molecular complexity index is 1380. The van der Waals surface area contributed by atoms with E-state index in [1.165, 1.54) is 28.3 Å². The fourth-order valence-electron chi connectivity index (χ4n) is 4.33. The molecule has 0 saturated carbocycles. The summed E-state index contributed by atoms with van der Waals surface area (Å²) in [6.07, 6.45) is 4.12. The maximum Gasteiger partial charge on any atom is 0.267 e. The Hall–Kier alpha value is -3.24. The van der Waals surface area contributed by atoms with Crippen LogP contribution < -0.4 is 15.4 Å². The van der Waals surface area contributed by atoms with Crippen molar-refractivity contribution < 1.29 is 9.18 Å². The zero-order valence-electron chi connectivity index (χ0n) is 19.2. The first-order chi connectivity index (χ1) is 17.0. The Kier molecular flexibility index (Phi) is 6.57. The number of amides is 1. The molecule has 0 aliphatic carbocycles. The Morgan fingerprint density at radius 2 is 1.77 bits per heavy atom. The number of thioether (sulfide) groups is 1. The molecule has 35 heavy (non-hydrogen) atoms. The molecular formula is C25H24FN5O2S2. The van der Waals surface area contributed by atoms with Crippen molar-refractivity contribution in [2.45, 2.75) is 13.3 Å². The van der Waals surface area contributed by atoms with Crippen molar-refractivity contribution in [3.8, 4) is 0 Å². The van der Waals surface area contributed by atoms with Gasteiger partial charge in [0.05, 0.1) is 10.5 Å². The Morgan fingerprint density at radius 1 is 1.06 bits per heavy atom. The van der Waals surface area contributed by atoms with Gasteiger partial charge >= 0.3 is 0 Å². The standard InChI is InChI=1S/C25H24FN5O2S2/c1-2-10-31-24(33)20(35-25(31)34)16-19-22(27-21-5-3-4-11-30(21)23(19)32)29-14-12-28(13-15-29)18-8-6-17(26)7-9-18/h3-9,11,16H,2,10,12-15H2,1H3/b20-16-. The molecule has 2 aliphatic rings. The molecule has 3 aromatic rings. The third-order valence-electron chi connectivity index (χ3n) is 6.12. The molecule has 2 fully saturated rings. The van der Waals surface area contributed by atoms with Crippen molar-refractivity contribution >= 4 is 57.4 Å². The minimum absolute atomic E-state index is 0.175. The van der Waals surface area contributed by atoms with Gasteiger partial charge in [-0.25, -0.2) is 9.37 Å². The monoisotopic (exact) mass is 509 g/mol. The van der Waals surface area contributed by atoms with Gasteiger partial charge in [-0.1, -0.05) is 37.0 Å². The largest absolute Gasteiger partial charge is 0.368 e. The summed E-state index contributed by atoms with van der Waals surface area (Å²) in [6, 6.07) is 11.9. The van der Waals surface area contributed by atoms with E-state index >= 15 is 0 Å². The number of hydrogen-bond donors (Lipinski definition) is 0. The number of thiocarbonyl (C=S) groups is 1. The number of rotatable bonds is 5. The second-order valence-corrected chi connectivity index (χ2v) is 10.0. The van der Waals surface area contributed by atoms with Gasteiger partial charge in [-0.3, -0.25) is 18.9 Å². The molecule has 10 heteroatoms. The highest BCUT2D eigenvalue weighted by molar-refractivity contribution is 8.26. The maximum absolute atomic E-state index is 13.5. The SMILES string of the molecule is CCCN1C(=O)/C(=C/c2c(N3CCN(c4ccc(F)cc4)CC3)nc3ccccn3c2=O)SC1=S. The third-order valence-corrected chi connectivity index (χ3v) is 7.49. The minimum Gasteiger partial charge on any atom is -0.368 e. The number of fused-ring (bicyclic) bond motifs is 1. The molecule has 0 bridgehead atoms. The zero-order chi connectivity index (χ0) is 24.5. The van der Waals surface area contributed by atoms with Crippen LogP contribution >= 0.6 is 24.0 Å². The molecule has 4 heterocycles. The highest BCUT2D eigenvalue weighted by Gasteiger charge is 2.32. The van der Waals surface area contributed by atoms with Crippen LogP contribution in [0.4, 0.5) is 15.9 Å². The number of aromatic nitrogens is 2. The number of halogens is 1. The Balaban J connectivity index is 1.50. The van der Waals surface area contributed by atoms with Gasteiger partial charge in [-0.05, 0) is 48.9 Å². The lowest BCUT2D eigenvalue weighted by molar-refractivity contribution is -0.122. The van der Waals surface area contributed by atoms with E-state index in [1.54, 1.807) is 41.4 Å². The molecule has 7 nitrogen and oxygen atoms in total. The van der Waals surface area contributed by atoms with E-state index < -0.39 is 0 Å². The van der Waals surface area contributed by atoms with Crippen LogP contribution in [-0.2, 0) is 4.79 Å². The van der Waals surface area contributed by atoms with Crippen LogP contribution in [0.5, 0.6) is 0 Å². The average molecular weight is 510 g/mol. The molecule has 2 saturated heterocycles. The molecule has 0 spiro atoms. The average Bonchev–Trinajstić information content (AvgIpc) is 3.14. The third kappa shape index (κ3) is 4.55. The smallest absolute Gasteiger partial charge is 0.267 e. The summed E-state index contributed by atoms with van der Waals surface area (Å²) in [4.78, 5) is 37.6. The van der Waals surface area contributed by atoms with Crippen molar-refractivity contribution in [2.24, 2.45) is 0 Å². The molecule has 1 amide bonds. The zero-order valence-corrected chi connectivity index (χ0v) is 20.8. The van der Waals surface area contributed by atoms with Crippen LogP contribution in [0.25, 0.3) is 11.7 Å². The van der Waals surface area contributed by atoms with Gasteiger partial charge in [-0.15, -0.1) is 0 Å². The predicted octanol–water partition coefficient (Wildman–Crippen LogP) is 3.77. The molecule has 5 rings (SSSR count). The van der Waals surface area contributed by atoms with E-state index in [9.17, 15) is 14.0 Å².